The molecule has 36 heavy (non-hydrogen) atoms. The lowest BCUT2D eigenvalue weighted by Crippen LogP contribution is -1.98. The van der Waals surface area contributed by atoms with E-state index < -0.39 is 44.4 Å². The Morgan fingerprint density at radius 2 is 0.194 bits per heavy atom. The molecule has 0 aromatic rings. The molecule has 12 N–H and O–H groups in total. The lowest BCUT2D eigenvalue weighted by Gasteiger charge is -1.65. The smallest absolute Gasteiger partial charge is 0.398 e. The first-order valence-corrected chi connectivity index (χ1v) is 4.41. The van der Waals surface area contributed by atoms with Gasteiger partial charge in [-0.3, -0.25) is 25.9 Å². The van der Waals surface area contributed by atoms with Crippen molar-refractivity contribution in [2.45, 2.75) is 0 Å². The second-order valence-corrected chi connectivity index (χ2v) is 1.86. The zero-order chi connectivity index (χ0) is 21.5. The summed E-state index contributed by atoms with van der Waals surface area (Å²) in [5.41, 5.74) is 0. The Kier molecular flexibility index (Phi) is 400. The molecule has 0 saturated carbocycles. The average Bonchev–Trinajstić information content (AvgIpc) is 2.08. The summed E-state index contributed by atoms with van der Waals surface area (Å²) in [6, 6.07) is 0. The van der Waals surface area contributed by atoms with E-state index in [-0.39, 0.29) is 119 Å². The highest BCUT2D eigenvalue weighted by molar-refractivity contribution is 6.93. The summed E-state index contributed by atoms with van der Waals surface area (Å²) in [5, 5.41) is 83.3. The molecule has 36 heteroatoms. The van der Waals surface area contributed by atoms with Gasteiger partial charge < -0.3 is 60.3 Å². The number of halogens is 6. The Labute approximate surface area is 249 Å². The van der Waals surface area contributed by atoms with Gasteiger partial charge in [0.25, 0.3) is 0 Å². The average molecular weight is 791 g/mol. The summed E-state index contributed by atoms with van der Waals surface area (Å²) in [6.45, 7) is 0. The van der Waals surface area contributed by atoms with Crippen LogP contribution in [-0.2, 0) is 0 Å². The molecule has 0 aliphatic rings. The van der Waals surface area contributed by atoms with E-state index in [0.29, 0.717) is 0 Å². The van der Waals surface area contributed by atoms with Gasteiger partial charge in [0.1, 0.15) is 0 Å². The molecule has 0 aliphatic heterocycles. The third-order valence-corrected chi connectivity index (χ3v) is 0. The van der Waals surface area contributed by atoms with Crippen LogP contribution >= 0.6 is 119 Å². The van der Waals surface area contributed by atoms with Crippen molar-refractivity contribution in [3.8, 4) is 0 Å². The molecule has 0 radical (unpaired) electrons. The van der Waals surface area contributed by atoms with E-state index in [0.717, 1.165) is 0 Å². The summed E-state index contributed by atoms with van der Waals surface area (Å²) in [6.07, 6.45) is 0. The van der Waals surface area contributed by atoms with Gasteiger partial charge in [0, 0.05) is 0 Å². The Bertz CT molecular complexity index is 144. The highest BCUT2D eigenvalue weighted by Gasteiger charge is 1.99. The van der Waals surface area contributed by atoms with Crippen molar-refractivity contribution in [1.29, 1.82) is 0 Å². The van der Waals surface area contributed by atoms with Crippen LogP contribution in [0.2, 0.25) is 0 Å². The molecule has 12 unspecified atom stereocenters. The highest BCUT2D eigenvalue weighted by atomic mass is 31.0. The van der Waals surface area contributed by atoms with Gasteiger partial charge in [-0.2, -0.15) is 119 Å². The lowest BCUT2D eigenvalue weighted by atomic mass is 10.3. The fourth-order valence-corrected chi connectivity index (χ4v) is 0. The van der Waals surface area contributed by atoms with E-state index in [2.05, 4.69) is 0 Å². The third kappa shape index (κ3) is 2530. The van der Waals surface area contributed by atoms with Gasteiger partial charge >= 0.3 is 44.4 Å². The van der Waals surface area contributed by atoms with Crippen LogP contribution in [0.5, 0.6) is 0 Å². The SMILES string of the molecule is OB(O)F.OB(O)F.OB(O)F.OB(O)F.OB(O)F.OB(O)F.P.P.P.P.P.P.P.P.P.P.P.P. The van der Waals surface area contributed by atoms with Crippen LogP contribution in [0, 0.1) is 0 Å². The van der Waals surface area contributed by atoms with E-state index in [1.165, 1.54) is 0 Å². The summed E-state index contributed by atoms with van der Waals surface area (Å²) in [7, 11) is -16.0. The molecule has 0 aliphatic carbocycles. The maximum Gasteiger partial charge on any atom is 0.674 e. The Balaban J connectivity index is -0.00000000633. The quantitative estimate of drug-likeness (QED) is 0.0625. The zero-order valence-electron chi connectivity index (χ0n) is 19.6. The fraction of sp³-hybridized carbons (Fsp3) is 0. The summed E-state index contributed by atoms with van der Waals surface area (Å²) < 4.78 is 60.7. The van der Waals surface area contributed by atoms with E-state index in [9.17, 15) is 25.9 Å². The van der Waals surface area contributed by atoms with Crippen molar-refractivity contribution in [1.82, 2.24) is 0 Å². The molecule has 0 fully saturated rings. The predicted molar refractivity (Wildman–Crippen MR) is 201 cm³/mol. The first-order valence-electron chi connectivity index (χ1n) is 4.41. The summed E-state index contributed by atoms with van der Waals surface area (Å²) in [4.78, 5) is 0. The van der Waals surface area contributed by atoms with Gasteiger partial charge in [0.05, 0.1) is 0 Å². The van der Waals surface area contributed by atoms with Crippen molar-refractivity contribution in [2.75, 3.05) is 0 Å². The van der Waals surface area contributed by atoms with E-state index >= 15 is 0 Å². The maximum absolute atomic E-state index is 10.1. The topological polar surface area (TPSA) is 243 Å². The lowest BCUT2D eigenvalue weighted by molar-refractivity contribution is 0.338. The standard InChI is InChI=1S/6BFH2O2.12H3P/c6*2-1(3)4;;;;;;;;;;;;/h6*3-4H;12*1H3. The molecule has 240 valence electrons. The van der Waals surface area contributed by atoms with Crippen LogP contribution < -0.4 is 0 Å². The number of hydrogen-bond donors (Lipinski definition) is 12. The largest absolute Gasteiger partial charge is 0.674 e. The molecule has 0 aromatic heterocycles. The first-order chi connectivity index (χ1) is 10.4. The van der Waals surface area contributed by atoms with Gasteiger partial charge in [-0.15, -0.1) is 0 Å². The monoisotopic (exact) mass is 792 g/mol. The second-order valence-electron chi connectivity index (χ2n) is 1.86. The second kappa shape index (κ2) is 115. The molecule has 0 spiro atoms. The van der Waals surface area contributed by atoms with Crippen LogP contribution in [-0.4, -0.2) is 105 Å². The van der Waals surface area contributed by atoms with Crippen molar-refractivity contribution in [3.63, 3.8) is 0 Å². The molecule has 0 saturated heterocycles. The molecular formula is H48B6F6O12P12. The van der Waals surface area contributed by atoms with Crippen molar-refractivity contribution in [3.05, 3.63) is 0 Å². The first kappa shape index (κ1) is 125. The number of rotatable bonds is 0. The summed E-state index contributed by atoms with van der Waals surface area (Å²) in [5.74, 6) is 0. The van der Waals surface area contributed by atoms with Crippen molar-refractivity contribution < 1.29 is 86.2 Å². The van der Waals surface area contributed by atoms with Crippen LogP contribution in [0.1, 0.15) is 0 Å². The molecular weight excluding hydrogens is 743 g/mol. The third-order valence-electron chi connectivity index (χ3n) is 0. The normalized spacial score (nSPS) is 4.50. The Hall–Kier alpha value is 4.65. The molecule has 0 heterocycles. The van der Waals surface area contributed by atoms with Gasteiger partial charge in [0.2, 0.25) is 0 Å². The molecule has 0 rings (SSSR count). The Morgan fingerprint density at radius 3 is 0.194 bits per heavy atom. The minimum atomic E-state index is -2.67. The minimum Gasteiger partial charge on any atom is -0.398 e. The van der Waals surface area contributed by atoms with E-state index in [4.69, 9.17) is 60.3 Å². The van der Waals surface area contributed by atoms with Crippen LogP contribution in [0.15, 0.2) is 0 Å². The Morgan fingerprint density at radius 1 is 0.194 bits per heavy atom. The van der Waals surface area contributed by atoms with Gasteiger partial charge in [0.15, 0.2) is 0 Å². The molecule has 0 bridgehead atoms. The van der Waals surface area contributed by atoms with E-state index in [1.807, 2.05) is 0 Å². The van der Waals surface area contributed by atoms with Crippen LogP contribution in [0.25, 0.3) is 0 Å². The van der Waals surface area contributed by atoms with Crippen LogP contribution in [0.4, 0.5) is 25.9 Å². The van der Waals surface area contributed by atoms with Gasteiger partial charge in [-0.05, 0) is 0 Å². The summed E-state index contributed by atoms with van der Waals surface area (Å²) >= 11 is 0. The fourth-order valence-electron chi connectivity index (χ4n) is 0. The molecule has 0 amide bonds. The molecule has 12 nitrogen and oxygen atoms in total. The minimum absolute atomic E-state index is 0. The van der Waals surface area contributed by atoms with Crippen LogP contribution in [0.3, 0.4) is 0 Å². The highest BCUT2D eigenvalue weighted by Crippen LogP contribution is 1.59. The van der Waals surface area contributed by atoms with E-state index in [1.54, 1.807) is 0 Å². The van der Waals surface area contributed by atoms with Gasteiger partial charge in [-0.1, -0.05) is 0 Å². The van der Waals surface area contributed by atoms with Crippen molar-refractivity contribution in [2.24, 2.45) is 0 Å². The van der Waals surface area contributed by atoms with Gasteiger partial charge in [-0.25, -0.2) is 0 Å². The molecule has 12 atom stereocenters. The zero-order valence-corrected chi connectivity index (χ0v) is 36.6. The maximum atomic E-state index is 10.1. The predicted octanol–water partition coefficient (Wildman–Crippen LogP) is -5.75. The number of hydrogen-bond acceptors (Lipinski definition) is 12. The molecule has 0 aromatic carbocycles. The van der Waals surface area contributed by atoms with Crippen molar-refractivity contribution >= 4 is 163 Å².